The topological polar surface area (TPSA) is 85.1 Å². The molecular formula is C24H17F3N6O. The average Bonchev–Trinajstić information content (AvgIpc) is 3.24. The third kappa shape index (κ3) is 4.56. The van der Waals surface area contributed by atoms with Gasteiger partial charge in [-0.1, -0.05) is 24.3 Å². The lowest BCUT2D eigenvalue weighted by Gasteiger charge is -2.09. The van der Waals surface area contributed by atoms with Crippen molar-refractivity contribution >= 4 is 22.5 Å². The smallest absolute Gasteiger partial charge is 0.343 e. The molecule has 1 amide bonds. The summed E-state index contributed by atoms with van der Waals surface area (Å²) in [4.78, 5) is 16.3. The molecule has 0 radical (unpaired) electrons. The fourth-order valence-corrected chi connectivity index (χ4v) is 3.59. The van der Waals surface area contributed by atoms with Crippen LogP contribution in [0.25, 0.3) is 27.8 Å². The van der Waals surface area contributed by atoms with Crippen LogP contribution in [0.3, 0.4) is 0 Å². The van der Waals surface area contributed by atoms with Crippen LogP contribution in [0.1, 0.15) is 21.7 Å². The predicted molar refractivity (Wildman–Crippen MR) is 119 cm³/mol. The molecule has 0 saturated heterocycles. The summed E-state index contributed by atoms with van der Waals surface area (Å²) in [6, 6.07) is 19.6. The van der Waals surface area contributed by atoms with E-state index in [-0.39, 0.29) is 5.56 Å². The Morgan fingerprint density at radius 2 is 1.79 bits per heavy atom. The molecule has 0 aliphatic heterocycles. The maximum absolute atomic E-state index is 12.3. The van der Waals surface area contributed by atoms with E-state index in [1.807, 2.05) is 29.6 Å². The zero-order valence-corrected chi connectivity index (χ0v) is 17.6. The van der Waals surface area contributed by atoms with Crippen molar-refractivity contribution in [1.82, 2.24) is 30.1 Å². The van der Waals surface area contributed by atoms with Crippen molar-refractivity contribution < 1.29 is 18.0 Å². The number of rotatable bonds is 5. The quantitative estimate of drug-likeness (QED) is 0.423. The number of nitrogens with zero attached hydrogens (tertiary/aromatic N) is 5. The van der Waals surface area contributed by atoms with Crippen molar-refractivity contribution in [2.45, 2.75) is 12.6 Å². The molecule has 0 atom stereocenters. The van der Waals surface area contributed by atoms with Crippen LogP contribution in [0.4, 0.5) is 13.2 Å². The lowest BCUT2D eigenvalue weighted by Crippen LogP contribution is -2.33. The van der Waals surface area contributed by atoms with E-state index in [0.717, 1.165) is 16.5 Å². The maximum atomic E-state index is 12.3. The number of amides is 1. The first-order valence-corrected chi connectivity index (χ1v) is 10.4. The number of aromatic nitrogens is 5. The first-order valence-electron chi connectivity index (χ1n) is 10.4. The van der Waals surface area contributed by atoms with Crippen LogP contribution in [0.2, 0.25) is 0 Å². The SMILES string of the molecule is O=C(NCC(F)(F)F)c1ccc(-c2ccc3nnc(Cc4ccc5ncccc5c4)n3n2)cc1. The molecule has 170 valence electrons. The van der Waals surface area contributed by atoms with Crippen molar-refractivity contribution in [3.63, 3.8) is 0 Å². The van der Waals surface area contributed by atoms with Gasteiger partial charge in [0.05, 0.1) is 11.2 Å². The molecule has 5 rings (SSSR count). The Hall–Kier alpha value is -4.34. The Kier molecular flexibility index (Phi) is 5.40. The van der Waals surface area contributed by atoms with E-state index in [2.05, 4.69) is 26.3 Å². The molecule has 3 aromatic heterocycles. The minimum Gasteiger partial charge on any atom is -0.343 e. The van der Waals surface area contributed by atoms with Crippen molar-refractivity contribution in [2.75, 3.05) is 6.54 Å². The van der Waals surface area contributed by atoms with Crippen LogP contribution in [0, 0.1) is 0 Å². The van der Waals surface area contributed by atoms with Gasteiger partial charge in [-0.2, -0.15) is 22.8 Å². The highest BCUT2D eigenvalue weighted by molar-refractivity contribution is 5.94. The molecule has 0 bridgehead atoms. The largest absolute Gasteiger partial charge is 0.405 e. The second kappa shape index (κ2) is 8.54. The molecule has 7 nitrogen and oxygen atoms in total. The van der Waals surface area contributed by atoms with E-state index >= 15 is 0 Å². The zero-order chi connectivity index (χ0) is 23.7. The number of halogens is 3. The summed E-state index contributed by atoms with van der Waals surface area (Å²) in [5, 5.41) is 16.0. The monoisotopic (exact) mass is 462 g/mol. The van der Waals surface area contributed by atoms with Crippen molar-refractivity contribution in [1.29, 1.82) is 0 Å². The van der Waals surface area contributed by atoms with Crippen LogP contribution in [-0.2, 0) is 6.42 Å². The molecule has 0 fully saturated rings. The number of carbonyl (C=O) groups is 1. The number of carbonyl (C=O) groups excluding carboxylic acids is 1. The third-order valence-electron chi connectivity index (χ3n) is 5.25. The summed E-state index contributed by atoms with van der Waals surface area (Å²) in [7, 11) is 0. The van der Waals surface area contributed by atoms with Gasteiger partial charge in [0, 0.05) is 29.1 Å². The van der Waals surface area contributed by atoms with Gasteiger partial charge >= 0.3 is 6.18 Å². The molecule has 2 aromatic carbocycles. The van der Waals surface area contributed by atoms with E-state index in [0.29, 0.717) is 29.1 Å². The molecule has 10 heteroatoms. The average molecular weight is 462 g/mol. The van der Waals surface area contributed by atoms with Gasteiger partial charge in [0.25, 0.3) is 5.91 Å². The Morgan fingerprint density at radius 3 is 2.59 bits per heavy atom. The first-order chi connectivity index (χ1) is 16.4. The minimum absolute atomic E-state index is 0.129. The Balaban J connectivity index is 1.38. The Bertz CT molecular complexity index is 1490. The second-order valence-electron chi connectivity index (χ2n) is 7.69. The molecule has 5 aromatic rings. The van der Waals surface area contributed by atoms with Crippen LogP contribution < -0.4 is 5.32 Å². The molecule has 0 aliphatic carbocycles. The van der Waals surface area contributed by atoms with E-state index < -0.39 is 18.6 Å². The molecule has 0 unspecified atom stereocenters. The third-order valence-corrected chi connectivity index (χ3v) is 5.25. The summed E-state index contributed by atoms with van der Waals surface area (Å²) < 4.78 is 38.6. The first kappa shape index (κ1) is 21.5. The number of benzene rings is 2. The molecule has 3 heterocycles. The molecule has 0 spiro atoms. The molecule has 0 saturated carbocycles. The van der Waals surface area contributed by atoms with E-state index in [1.54, 1.807) is 35.0 Å². The standard InChI is InChI=1S/C24H17F3N6O/c25-24(26,27)14-29-23(34)17-6-4-16(5-7-17)20-9-10-21-30-31-22(33(21)32-20)13-15-3-8-19-18(12-15)2-1-11-28-19/h1-12H,13-14H2,(H,29,34). The summed E-state index contributed by atoms with van der Waals surface area (Å²) >= 11 is 0. The maximum Gasteiger partial charge on any atom is 0.405 e. The molecule has 34 heavy (non-hydrogen) atoms. The summed E-state index contributed by atoms with van der Waals surface area (Å²) in [6.07, 6.45) is -2.20. The lowest BCUT2D eigenvalue weighted by atomic mass is 10.1. The number of hydrogen-bond donors (Lipinski definition) is 1. The number of nitrogens with one attached hydrogen (secondary N) is 1. The molecule has 0 aliphatic rings. The number of alkyl halides is 3. The van der Waals surface area contributed by atoms with E-state index in [4.69, 9.17) is 0 Å². The second-order valence-corrected chi connectivity index (χ2v) is 7.69. The van der Waals surface area contributed by atoms with Crippen molar-refractivity contribution in [3.05, 3.63) is 89.9 Å². The minimum atomic E-state index is -4.46. The fraction of sp³-hybridized carbons (Fsp3) is 0.125. The number of fused-ring (bicyclic) bond motifs is 2. The van der Waals surface area contributed by atoms with Gasteiger partial charge in [-0.3, -0.25) is 9.78 Å². The van der Waals surface area contributed by atoms with Crippen LogP contribution in [-0.4, -0.2) is 43.4 Å². The molecular weight excluding hydrogens is 445 g/mol. The van der Waals surface area contributed by atoms with Gasteiger partial charge in [0.2, 0.25) is 0 Å². The number of pyridine rings is 1. The zero-order valence-electron chi connectivity index (χ0n) is 17.6. The predicted octanol–water partition coefficient (Wildman–Crippen LogP) is 4.22. The summed E-state index contributed by atoms with van der Waals surface area (Å²) in [5.74, 6) is -0.137. The highest BCUT2D eigenvalue weighted by Gasteiger charge is 2.27. The Morgan fingerprint density at radius 1 is 0.971 bits per heavy atom. The van der Waals surface area contributed by atoms with Crippen LogP contribution in [0.15, 0.2) is 72.9 Å². The van der Waals surface area contributed by atoms with E-state index in [1.165, 1.54) is 12.1 Å². The van der Waals surface area contributed by atoms with Crippen LogP contribution >= 0.6 is 0 Å². The number of hydrogen-bond acceptors (Lipinski definition) is 5. The lowest BCUT2D eigenvalue weighted by molar-refractivity contribution is -0.123. The van der Waals surface area contributed by atoms with Crippen LogP contribution in [0.5, 0.6) is 0 Å². The van der Waals surface area contributed by atoms with Gasteiger partial charge in [-0.25, -0.2) is 0 Å². The normalized spacial score (nSPS) is 11.7. The van der Waals surface area contributed by atoms with Gasteiger partial charge in [-0.15, -0.1) is 10.2 Å². The Labute approximate surface area is 191 Å². The molecule has 1 N–H and O–H groups in total. The van der Waals surface area contributed by atoms with Gasteiger partial charge in [0.15, 0.2) is 11.5 Å². The summed E-state index contributed by atoms with van der Waals surface area (Å²) in [6.45, 7) is -1.38. The van der Waals surface area contributed by atoms with Gasteiger partial charge in [-0.05, 0) is 48.0 Å². The highest BCUT2D eigenvalue weighted by atomic mass is 19.4. The highest BCUT2D eigenvalue weighted by Crippen LogP contribution is 2.20. The van der Waals surface area contributed by atoms with E-state index in [9.17, 15) is 18.0 Å². The van der Waals surface area contributed by atoms with Gasteiger partial charge in [0.1, 0.15) is 6.54 Å². The van der Waals surface area contributed by atoms with Gasteiger partial charge < -0.3 is 5.32 Å². The van der Waals surface area contributed by atoms with Crippen molar-refractivity contribution in [3.8, 4) is 11.3 Å². The fourth-order valence-electron chi connectivity index (χ4n) is 3.59. The summed E-state index contributed by atoms with van der Waals surface area (Å²) in [5.41, 5.74) is 3.97. The van der Waals surface area contributed by atoms with Crippen molar-refractivity contribution in [2.24, 2.45) is 0 Å².